The number of nitrogens with one attached hydrogen (secondary N) is 1. The van der Waals surface area contributed by atoms with E-state index in [9.17, 15) is 8.42 Å². The van der Waals surface area contributed by atoms with Crippen LogP contribution in [-0.2, 0) is 9.84 Å². The van der Waals surface area contributed by atoms with Gasteiger partial charge < -0.3 is 0 Å². The molecule has 1 heterocycles. The Labute approximate surface area is 112 Å². The zero-order valence-corrected chi connectivity index (χ0v) is 13.2. The Balaban J connectivity index is 2.46. The van der Waals surface area contributed by atoms with E-state index in [1.54, 1.807) is 20.8 Å². The third-order valence-electron chi connectivity index (χ3n) is 3.79. The number of hydrazine groups is 1. The largest absolute Gasteiger partial charge is 0.254 e. The normalized spacial score (nSPS) is 27.4. The molecule has 108 valence electrons. The number of piperidine rings is 1. The fourth-order valence-electron chi connectivity index (χ4n) is 2.35. The van der Waals surface area contributed by atoms with Crippen molar-refractivity contribution in [1.29, 1.82) is 0 Å². The molecule has 0 amide bonds. The predicted molar refractivity (Wildman–Crippen MR) is 76.2 cm³/mol. The molecule has 0 spiro atoms. The van der Waals surface area contributed by atoms with Crippen molar-refractivity contribution in [2.45, 2.75) is 70.7 Å². The van der Waals surface area contributed by atoms with Crippen LogP contribution in [0.25, 0.3) is 0 Å². The zero-order valence-electron chi connectivity index (χ0n) is 12.4. The maximum absolute atomic E-state index is 12.0. The molecular weight excluding hydrogens is 248 g/mol. The number of sulfone groups is 1. The molecule has 4 nitrogen and oxygen atoms in total. The second-order valence-corrected chi connectivity index (χ2v) is 9.24. The lowest BCUT2D eigenvalue weighted by atomic mass is 10.00. The Hall–Kier alpha value is -0.130. The molecule has 1 N–H and O–H groups in total. The summed E-state index contributed by atoms with van der Waals surface area (Å²) in [4.78, 5) is 0. The minimum Gasteiger partial charge on any atom is -0.254 e. The number of hydrogen-bond acceptors (Lipinski definition) is 4. The van der Waals surface area contributed by atoms with Crippen molar-refractivity contribution >= 4 is 9.84 Å². The van der Waals surface area contributed by atoms with Gasteiger partial charge in [0.1, 0.15) is 0 Å². The van der Waals surface area contributed by atoms with Gasteiger partial charge in [-0.2, -0.15) is 0 Å². The van der Waals surface area contributed by atoms with Crippen molar-refractivity contribution in [3.8, 4) is 0 Å². The molecular formula is C13H28N2O2S. The molecule has 1 aliphatic heterocycles. The lowest BCUT2D eigenvalue weighted by Gasteiger charge is -2.39. The SMILES string of the molecule is CC1CCCC(C)N1NCCS(=O)(=O)C(C)(C)C. The molecule has 0 aromatic heterocycles. The highest BCUT2D eigenvalue weighted by atomic mass is 32.2. The highest BCUT2D eigenvalue weighted by Gasteiger charge is 2.29. The first-order valence-corrected chi connectivity index (χ1v) is 8.54. The summed E-state index contributed by atoms with van der Waals surface area (Å²) in [6.07, 6.45) is 3.63. The van der Waals surface area contributed by atoms with E-state index in [-0.39, 0.29) is 5.75 Å². The van der Waals surface area contributed by atoms with E-state index in [1.807, 2.05) is 0 Å². The van der Waals surface area contributed by atoms with Crippen molar-refractivity contribution in [3.05, 3.63) is 0 Å². The first-order valence-electron chi connectivity index (χ1n) is 6.89. The Morgan fingerprint density at radius 1 is 1.17 bits per heavy atom. The van der Waals surface area contributed by atoms with Crippen LogP contribution >= 0.6 is 0 Å². The van der Waals surface area contributed by atoms with Gasteiger partial charge in [-0.3, -0.25) is 5.43 Å². The van der Waals surface area contributed by atoms with Crippen LogP contribution in [0.3, 0.4) is 0 Å². The van der Waals surface area contributed by atoms with Gasteiger partial charge in [0.2, 0.25) is 0 Å². The fourth-order valence-corrected chi connectivity index (χ4v) is 3.32. The van der Waals surface area contributed by atoms with E-state index in [0.29, 0.717) is 18.6 Å². The van der Waals surface area contributed by atoms with Crippen molar-refractivity contribution < 1.29 is 8.42 Å². The van der Waals surface area contributed by atoms with Crippen LogP contribution in [0, 0.1) is 0 Å². The average molecular weight is 276 g/mol. The standard InChI is InChI=1S/C13H28N2O2S/c1-11-7-6-8-12(2)15(11)14-9-10-18(16,17)13(3,4)5/h11-12,14H,6-10H2,1-5H3. The Bertz CT molecular complexity index is 350. The van der Waals surface area contributed by atoms with Gasteiger partial charge in [0, 0.05) is 18.6 Å². The van der Waals surface area contributed by atoms with Crippen molar-refractivity contribution in [1.82, 2.24) is 10.4 Å². The molecule has 0 radical (unpaired) electrons. The minimum atomic E-state index is -3.02. The summed E-state index contributed by atoms with van der Waals surface area (Å²) in [5.74, 6) is 0.201. The third-order valence-corrected chi connectivity index (χ3v) is 6.40. The summed E-state index contributed by atoms with van der Waals surface area (Å²) < 4.78 is 23.3. The van der Waals surface area contributed by atoms with Crippen LogP contribution in [0.5, 0.6) is 0 Å². The maximum atomic E-state index is 12.0. The predicted octanol–water partition coefficient (Wildman–Crippen LogP) is 1.97. The second-order valence-electron chi connectivity index (χ2n) is 6.38. The van der Waals surface area contributed by atoms with Gasteiger partial charge in [-0.1, -0.05) is 6.42 Å². The van der Waals surface area contributed by atoms with Gasteiger partial charge in [-0.05, 0) is 47.5 Å². The maximum Gasteiger partial charge on any atom is 0.156 e. The van der Waals surface area contributed by atoms with Crippen LogP contribution in [0.15, 0.2) is 0 Å². The molecule has 2 atom stereocenters. The van der Waals surface area contributed by atoms with Crippen molar-refractivity contribution in [3.63, 3.8) is 0 Å². The molecule has 0 saturated carbocycles. The van der Waals surface area contributed by atoms with Crippen LogP contribution in [0.2, 0.25) is 0 Å². The summed E-state index contributed by atoms with van der Waals surface area (Å²) in [6, 6.07) is 0.984. The number of rotatable bonds is 4. The van der Waals surface area contributed by atoms with Gasteiger partial charge >= 0.3 is 0 Å². The monoisotopic (exact) mass is 276 g/mol. The summed E-state index contributed by atoms with van der Waals surface area (Å²) in [5.41, 5.74) is 3.30. The lowest BCUT2D eigenvalue weighted by Crippen LogP contribution is -2.53. The van der Waals surface area contributed by atoms with Crippen LogP contribution < -0.4 is 5.43 Å². The summed E-state index contributed by atoms with van der Waals surface area (Å²) >= 11 is 0. The topological polar surface area (TPSA) is 49.4 Å². The van der Waals surface area contributed by atoms with Crippen LogP contribution in [0.1, 0.15) is 53.9 Å². The Morgan fingerprint density at radius 2 is 1.67 bits per heavy atom. The molecule has 1 saturated heterocycles. The minimum absolute atomic E-state index is 0.201. The summed E-state index contributed by atoms with van der Waals surface area (Å²) in [5, 5.41) is 2.22. The van der Waals surface area contributed by atoms with Crippen molar-refractivity contribution in [2.75, 3.05) is 12.3 Å². The molecule has 0 aromatic carbocycles. The van der Waals surface area contributed by atoms with Gasteiger partial charge in [0.05, 0.1) is 10.5 Å². The van der Waals surface area contributed by atoms with Crippen molar-refractivity contribution in [2.24, 2.45) is 0 Å². The van der Waals surface area contributed by atoms with E-state index >= 15 is 0 Å². The highest BCUT2D eigenvalue weighted by molar-refractivity contribution is 7.92. The molecule has 0 aromatic rings. The molecule has 18 heavy (non-hydrogen) atoms. The Kier molecular flexibility index (Phi) is 5.21. The average Bonchev–Trinajstić information content (AvgIpc) is 2.20. The molecule has 1 aliphatic rings. The first kappa shape index (κ1) is 15.9. The number of nitrogens with zero attached hydrogens (tertiary/aromatic N) is 1. The molecule has 2 unspecified atom stereocenters. The van der Waals surface area contributed by atoms with E-state index in [1.165, 1.54) is 19.3 Å². The smallest absolute Gasteiger partial charge is 0.156 e. The first-order chi connectivity index (χ1) is 8.15. The van der Waals surface area contributed by atoms with Crippen LogP contribution in [0.4, 0.5) is 0 Å². The molecule has 1 fully saturated rings. The molecule has 1 rings (SSSR count). The van der Waals surface area contributed by atoms with Gasteiger partial charge in [-0.15, -0.1) is 0 Å². The third kappa shape index (κ3) is 3.93. The molecule has 0 aliphatic carbocycles. The lowest BCUT2D eigenvalue weighted by molar-refractivity contribution is 0.0490. The van der Waals surface area contributed by atoms with Gasteiger partial charge in [0.15, 0.2) is 9.84 Å². The van der Waals surface area contributed by atoms with E-state index < -0.39 is 14.6 Å². The van der Waals surface area contributed by atoms with Crippen LogP contribution in [-0.4, -0.2) is 42.6 Å². The summed E-state index contributed by atoms with van der Waals surface area (Å²) in [7, 11) is -3.02. The summed E-state index contributed by atoms with van der Waals surface area (Å²) in [6.45, 7) is 10.2. The quantitative estimate of drug-likeness (QED) is 0.853. The highest BCUT2D eigenvalue weighted by Crippen LogP contribution is 2.20. The molecule has 5 heteroatoms. The fraction of sp³-hybridized carbons (Fsp3) is 1.00. The zero-order chi connectivity index (χ0) is 14.0. The van der Waals surface area contributed by atoms with Gasteiger partial charge in [-0.25, -0.2) is 13.4 Å². The van der Waals surface area contributed by atoms with E-state index in [4.69, 9.17) is 0 Å². The second kappa shape index (κ2) is 5.88. The van der Waals surface area contributed by atoms with Gasteiger partial charge in [0.25, 0.3) is 0 Å². The van der Waals surface area contributed by atoms with E-state index in [2.05, 4.69) is 24.3 Å². The Morgan fingerprint density at radius 3 is 2.11 bits per heavy atom. The number of hydrogen-bond donors (Lipinski definition) is 1. The van der Waals surface area contributed by atoms with E-state index in [0.717, 1.165) is 0 Å². The molecule has 0 bridgehead atoms.